The van der Waals surface area contributed by atoms with Crippen LogP contribution in [0.5, 0.6) is 17.2 Å². The molecule has 0 saturated heterocycles. The van der Waals surface area contributed by atoms with E-state index in [4.69, 9.17) is 14.2 Å². The summed E-state index contributed by atoms with van der Waals surface area (Å²) in [5.41, 5.74) is 2.36. The van der Waals surface area contributed by atoms with Crippen LogP contribution in [0.2, 0.25) is 0 Å². The molecule has 0 spiro atoms. The fourth-order valence-electron chi connectivity index (χ4n) is 2.95. The van der Waals surface area contributed by atoms with Crippen molar-refractivity contribution in [1.82, 2.24) is 9.78 Å². The molecule has 3 aromatic rings. The van der Waals surface area contributed by atoms with E-state index in [0.717, 1.165) is 11.1 Å². The third-order valence-electron chi connectivity index (χ3n) is 4.52. The Morgan fingerprint density at radius 3 is 2.53 bits per heavy atom. The first-order chi connectivity index (χ1) is 14.5. The van der Waals surface area contributed by atoms with Crippen LogP contribution in [0.4, 0.5) is 5.82 Å². The molecule has 1 N–H and O–H groups in total. The maximum atomic E-state index is 12.7. The Kier molecular flexibility index (Phi) is 6.75. The van der Waals surface area contributed by atoms with E-state index in [1.165, 1.54) is 0 Å². The van der Waals surface area contributed by atoms with Crippen LogP contribution in [-0.4, -0.2) is 36.5 Å². The zero-order chi connectivity index (χ0) is 21.5. The predicted octanol–water partition coefficient (Wildman–Crippen LogP) is 4.07. The Hall–Kier alpha value is -3.74. The normalized spacial score (nSPS) is 10.4. The molecule has 7 nitrogen and oxygen atoms in total. The van der Waals surface area contributed by atoms with Gasteiger partial charge in [-0.2, -0.15) is 5.10 Å². The minimum atomic E-state index is -0.220. The molecule has 0 aliphatic heterocycles. The van der Waals surface area contributed by atoms with Crippen molar-refractivity contribution in [2.45, 2.75) is 13.5 Å². The molecule has 0 unspecified atom stereocenters. The van der Waals surface area contributed by atoms with Crippen LogP contribution >= 0.6 is 0 Å². The molecule has 2 aromatic carbocycles. The van der Waals surface area contributed by atoms with Gasteiger partial charge in [-0.15, -0.1) is 0 Å². The predicted molar refractivity (Wildman–Crippen MR) is 116 cm³/mol. The van der Waals surface area contributed by atoms with Gasteiger partial charge in [-0.25, -0.2) is 4.68 Å². The maximum absolute atomic E-state index is 12.7. The van der Waals surface area contributed by atoms with Gasteiger partial charge in [-0.05, 0) is 48.9 Å². The van der Waals surface area contributed by atoms with E-state index in [0.29, 0.717) is 41.8 Å². The van der Waals surface area contributed by atoms with Gasteiger partial charge in [0.15, 0.2) is 11.5 Å². The quantitative estimate of drug-likeness (QED) is 0.541. The zero-order valence-electron chi connectivity index (χ0n) is 17.3. The Labute approximate surface area is 175 Å². The first kappa shape index (κ1) is 21.0. The summed E-state index contributed by atoms with van der Waals surface area (Å²) in [6.07, 6.45) is 3.39. The molecule has 1 aromatic heterocycles. The summed E-state index contributed by atoms with van der Waals surface area (Å²) in [4.78, 5) is 12.7. The standard InChI is InChI=1S/C23H25N3O4/c1-5-12-30-19-9-7-18(8-10-19)23(27)25-22-16(2)14-24-26(22)15-17-6-11-20(28-3)21(13-17)29-4/h5-11,13-14H,1,12,15H2,2-4H3,(H,25,27). The summed E-state index contributed by atoms with van der Waals surface area (Å²) in [6, 6.07) is 12.6. The number of ether oxygens (including phenoxy) is 3. The average Bonchev–Trinajstić information content (AvgIpc) is 3.11. The van der Waals surface area contributed by atoms with Crippen molar-refractivity contribution in [2.75, 3.05) is 26.1 Å². The molecular weight excluding hydrogens is 382 g/mol. The van der Waals surface area contributed by atoms with Crippen LogP contribution in [0.3, 0.4) is 0 Å². The highest BCUT2D eigenvalue weighted by Gasteiger charge is 2.14. The SMILES string of the molecule is C=CCOc1ccc(C(=O)Nc2c(C)cnn2Cc2ccc(OC)c(OC)c2)cc1. The molecule has 3 rings (SSSR count). The maximum Gasteiger partial charge on any atom is 0.256 e. The molecule has 0 saturated carbocycles. The van der Waals surface area contributed by atoms with E-state index in [9.17, 15) is 4.79 Å². The van der Waals surface area contributed by atoms with Gasteiger partial charge in [0, 0.05) is 11.1 Å². The largest absolute Gasteiger partial charge is 0.493 e. The minimum Gasteiger partial charge on any atom is -0.493 e. The van der Waals surface area contributed by atoms with Crippen molar-refractivity contribution in [3.63, 3.8) is 0 Å². The number of aryl methyl sites for hydroxylation is 1. The number of hydrogen-bond acceptors (Lipinski definition) is 5. The number of amides is 1. The Balaban J connectivity index is 1.76. The number of nitrogens with zero attached hydrogens (tertiary/aromatic N) is 2. The van der Waals surface area contributed by atoms with Crippen molar-refractivity contribution in [3.8, 4) is 17.2 Å². The van der Waals surface area contributed by atoms with Crippen LogP contribution in [0.15, 0.2) is 61.3 Å². The van der Waals surface area contributed by atoms with Crippen molar-refractivity contribution >= 4 is 11.7 Å². The molecule has 1 amide bonds. The Morgan fingerprint density at radius 1 is 1.13 bits per heavy atom. The van der Waals surface area contributed by atoms with Gasteiger partial charge in [0.1, 0.15) is 18.2 Å². The molecular formula is C23H25N3O4. The fourth-order valence-corrected chi connectivity index (χ4v) is 2.95. The van der Waals surface area contributed by atoms with Crippen LogP contribution in [0.1, 0.15) is 21.5 Å². The highest BCUT2D eigenvalue weighted by atomic mass is 16.5. The number of carbonyl (C=O) groups is 1. The van der Waals surface area contributed by atoms with E-state index >= 15 is 0 Å². The molecule has 30 heavy (non-hydrogen) atoms. The second-order valence-electron chi connectivity index (χ2n) is 6.60. The van der Waals surface area contributed by atoms with Crippen molar-refractivity contribution < 1.29 is 19.0 Å². The van der Waals surface area contributed by atoms with Crippen LogP contribution in [-0.2, 0) is 6.54 Å². The van der Waals surface area contributed by atoms with Crippen LogP contribution in [0, 0.1) is 6.92 Å². The van der Waals surface area contributed by atoms with Gasteiger partial charge in [-0.3, -0.25) is 4.79 Å². The highest BCUT2D eigenvalue weighted by molar-refractivity contribution is 6.04. The molecule has 156 valence electrons. The summed E-state index contributed by atoms with van der Waals surface area (Å²) in [7, 11) is 3.19. The van der Waals surface area contributed by atoms with Gasteiger partial charge in [0.25, 0.3) is 5.91 Å². The molecule has 7 heteroatoms. The molecule has 0 fully saturated rings. The summed E-state index contributed by atoms with van der Waals surface area (Å²) in [6.45, 7) is 6.41. The fraction of sp³-hybridized carbons (Fsp3) is 0.217. The van der Waals surface area contributed by atoms with Gasteiger partial charge < -0.3 is 19.5 Å². The van der Waals surface area contributed by atoms with Crippen LogP contribution < -0.4 is 19.5 Å². The van der Waals surface area contributed by atoms with E-state index in [1.54, 1.807) is 55.4 Å². The Bertz CT molecular complexity index is 1030. The van der Waals surface area contributed by atoms with Gasteiger partial charge >= 0.3 is 0 Å². The van der Waals surface area contributed by atoms with Crippen molar-refractivity contribution in [1.29, 1.82) is 0 Å². The van der Waals surface area contributed by atoms with E-state index < -0.39 is 0 Å². The summed E-state index contributed by atoms with van der Waals surface area (Å²) in [5.74, 6) is 2.40. The molecule has 1 heterocycles. The Morgan fingerprint density at radius 2 is 1.87 bits per heavy atom. The lowest BCUT2D eigenvalue weighted by Crippen LogP contribution is -2.17. The second kappa shape index (κ2) is 9.65. The summed E-state index contributed by atoms with van der Waals surface area (Å²) < 4.78 is 17.8. The first-order valence-electron chi connectivity index (χ1n) is 9.44. The van der Waals surface area contributed by atoms with Gasteiger partial charge in [-0.1, -0.05) is 18.7 Å². The third-order valence-corrected chi connectivity index (χ3v) is 4.52. The number of aromatic nitrogens is 2. The van der Waals surface area contributed by atoms with E-state index in [1.807, 2.05) is 25.1 Å². The monoisotopic (exact) mass is 407 g/mol. The van der Waals surface area contributed by atoms with Crippen LogP contribution in [0.25, 0.3) is 0 Å². The number of carbonyl (C=O) groups excluding carboxylic acids is 1. The topological polar surface area (TPSA) is 74.6 Å². The lowest BCUT2D eigenvalue weighted by molar-refractivity contribution is 0.102. The first-order valence-corrected chi connectivity index (χ1v) is 9.44. The second-order valence-corrected chi connectivity index (χ2v) is 6.60. The molecule has 0 aliphatic rings. The summed E-state index contributed by atoms with van der Waals surface area (Å²) in [5, 5.41) is 7.36. The molecule has 0 radical (unpaired) electrons. The average molecular weight is 407 g/mol. The van der Waals surface area contributed by atoms with Gasteiger partial charge in [0.05, 0.1) is 27.0 Å². The number of nitrogens with one attached hydrogen (secondary N) is 1. The lowest BCUT2D eigenvalue weighted by Gasteiger charge is -2.13. The summed E-state index contributed by atoms with van der Waals surface area (Å²) >= 11 is 0. The molecule has 0 bridgehead atoms. The molecule has 0 aliphatic carbocycles. The number of rotatable bonds is 9. The molecule has 0 atom stereocenters. The third kappa shape index (κ3) is 4.81. The number of anilines is 1. The van der Waals surface area contributed by atoms with Crippen molar-refractivity contribution in [2.24, 2.45) is 0 Å². The number of benzene rings is 2. The van der Waals surface area contributed by atoms with Crippen molar-refractivity contribution in [3.05, 3.63) is 78.0 Å². The smallest absolute Gasteiger partial charge is 0.256 e. The highest BCUT2D eigenvalue weighted by Crippen LogP contribution is 2.28. The van der Waals surface area contributed by atoms with Gasteiger partial charge in [0.2, 0.25) is 0 Å². The number of hydrogen-bond donors (Lipinski definition) is 1. The van der Waals surface area contributed by atoms with E-state index in [-0.39, 0.29) is 5.91 Å². The minimum absolute atomic E-state index is 0.220. The zero-order valence-corrected chi connectivity index (χ0v) is 17.3. The lowest BCUT2D eigenvalue weighted by atomic mass is 10.2. The van der Waals surface area contributed by atoms with E-state index in [2.05, 4.69) is 17.0 Å². The number of methoxy groups -OCH3 is 2.